The van der Waals surface area contributed by atoms with Gasteiger partial charge in [-0.2, -0.15) is 0 Å². The molecule has 1 aromatic rings. The standard InChI is InChI=1S/C12H21N3O/c1-10-13-9-11(14-10)7-5-4-6-8-12(16)15(2)3/h9H,4-8H2,1-3H3,(H,13,14). The minimum absolute atomic E-state index is 0.220. The van der Waals surface area contributed by atoms with E-state index in [-0.39, 0.29) is 5.91 Å². The average molecular weight is 223 g/mol. The van der Waals surface area contributed by atoms with Crippen LogP contribution in [0.1, 0.15) is 37.2 Å². The summed E-state index contributed by atoms with van der Waals surface area (Å²) in [6.07, 6.45) is 6.76. The molecule has 1 aromatic heterocycles. The molecule has 0 spiro atoms. The molecule has 1 rings (SSSR count). The number of unbranched alkanes of at least 4 members (excludes halogenated alkanes) is 2. The number of nitrogens with zero attached hydrogens (tertiary/aromatic N) is 2. The Bertz CT molecular complexity index is 331. The number of hydrogen-bond acceptors (Lipinski definition) is 2. The molecular weight excluding hydrogens is 202 g/mol. The molecule has 0 unspecified atom stereocenters. The Labute approximate surface area is 97.1 Å². The van der Waals surface area contributed by atoms with Gasteiger partial charge in [-0.15, -0.1) is 0 Å². The maximum absolute atomic E-state index is 11.3. The summed E-state index contributed by atoms with van der Waals surface area (Å²) in [7, 11) is 3.60. The molecule has 1 amide bonds. The average Bonchev–Trinajstić information content (AvgIpc) is 2.63. The molecule has 4 heteroatoms. The number of amides is 1. The van der Waals surface area contributed by atoms with E-state index < -0.39 is 0 Å². The molecule has 1 N–H and O–H groups in total. The van der Waals surface area contributed by atoms with Crippen molar-refractivity contribution in [2.75, 3.05) is 14.1 Å². The maximum Gasteiger partial charge on any atom is 0.222 e. The van der Waals surface area contributed by atoms with E-state index in [1.54, 1.807) is 19.0 Å². The predicted octanol–water partition coefficient (Wildman–Crippen LogP) is 1.91. The van der Waals surface area contributed by atoms with Gasteiger partial charge in [0.15, 0.2) is 0 Å². The maximum atomic E-state index is 11.3. The number of nitrogens with one attached hydrogen (secondary N) is 1. The van der Waals surface area contributed by atoms with Gasteiger partial charge in [-0.05, 0) is 26.2 Å². The number of imidazole rings is 1. The van der Waals surface area contributed by atoms with E-state index in [2.05, 4.69) is 9.97 Å². The lowest BCUT2D eigenvalue weighted by atomic mass is 10.1. The van der Waals surface area contributed by atoms with Gasteiger partial charge < -0.3 is 9.88 Å². The van der Waals surface area contributed by atoms with Crippen molar-refractivity contribution in [3.8, 4) is 0 Å². The van der Waals surface area contributed by atoms with Crippen LogP contribution in [0.4, 0.5) is 0 Å². The quantitative estimate of drug-likeness (QED) is 0.749. The zero-order valence-corrected chi connectivity index (χ0v) is 10.4. The van der Waals surface area contributed by atoms with Crippen molar-refractivity contribution in [1.82, 2.24) is 14.9 Å². The second kappa shape index (κ2) is 6.30. The fraction of sp³-hybridized carbons (Fsp3) is 0.667. The molecule has 90 valence electrons. The van der Waals surface area contributed by atoms with Crippen LogP contribution in [0.15, 0.2) is 6.20 Å². The molecule has 0 aliphatic carbocycles. The number of hydrogen-bond donors (Lipinski definition) is 1. The van der Waals surface area contributed by atoms with E-state index in [0.717, 1.165) is 31.5 Å². The van der Waals surface area contributed by atoms with Gasteiger partial charge in [0.1, 0.15) is 5.82 Å². The molecule has 0 radical (unpaired) electrons. The Balaban J connectivity index is 2.06. The third-order valence-corrected chi connectivity index (χ3v) is 2.59. The molecule has 0 aliphatic rings. The van der Waals surface area contributed by atoms with Gasteiger partial charge in [-0.25, -0.2) is 4.98 Å². The second-order valence-corrected chi connectivity index (χ2v) is 4.34. The van der Waals surface area contributed by atoms with Gasteiger partial charge in [0.05, 0.1) is 0 Å². The molecule has 0 aliphatic heterocycles. The third-order valence-electron chi connectivity index (χ3n) is 2.59. The highest BCUT2D eigenvalue weighted by Crippen LogP contribution is 2.06. The van der Waals surface area contributed by atoms with E-state index in [1.807, 2.05) is 13.1 Å². The van der Waals surface area contributed by atoms with Gasteiger partial charge >= 0.3 is 0 Å². The van der Waals surface area contributed by atoms with Crippen molar-refractivity contribution >= 4 is 5.91 Å². The molecule has 0 saturated carbocycles. The Morgan fingerprint density at radius 2 is 2.12 bits per heavy atom. The lowest BCUT2D eigenvalue weighted by Crippen LogP contribution is -2.20. The molecular formula is C12H21N3O. The van der Waals surface area contributed by atoms with Crippen LogP contribution in [0.3, 0.4) is 0 Å². The fourth-order valence-electron chi connectivity index (χ4n) is 1.59. The molecule has 0 saturated heterocycles. The van der Waals surface area contributed by atoms with Crippen molar-refractivity contribution in [1.29, 1.82) is 0 Å². The lowest BCUT2D eigenvalue weighted by molar-refractivity contribution is -0.128. The van der Waals surface area contributed by atoms with E-state index in [4.69, 9.17) is 0 Å². The summed E-state index contributed by atoms with van der Waals surface area (Å²) < 4.78 is 0. The summed E-state index contributed by atoms with van der Waals surface area (Å²) in [5.41, 5.74) is 1.19. The minimum Gasteiger partial charge on any atom is -0.349 e. The van der Waals surface area contributed by atoms with Crippen LogP contribution < -0.4 is 0 Å². The van der Waals surface area contributed by atoms with Crippen molar-refractivity contribution in [3.05, 3.63) is 17.7 Å². The van der Waals surface area contributed by atoms with Crippen molar-refractivity contribution in [2.24, 2.45) is 0 Å². The van der Waals surface area contributed by atoms with Crippen molar-refractivity contribution in [2.45, 2.75) is 39.0 Å². The van der Waals surface area contributed by atoms with E-state index in [9.17, 15) is 4.79 Å². The predicted molar refractivity (Wildman–Crippen MR) is 64.2 cm³/mol. The SMILES string of the molecule is Cc1ncc(CCCCCC(=O)N(C)C)[nH]1. The first kappa shape index (κ1) is 12.7. The van der Waals surface area contributed by atoms with Gasteiger partial charge in [0, 0.05) is 32.4 Å². The monoisotopic (exact) mass is 223 g/mol. The first-order chi connectivity index (χ1) is 7.59. The van der Waals surface area contributed by atoms with Crippen LogP contribution in [0.25, 0.3) is 0 Å². The second-order valence-electron chi connectivity index (χ2n) is 4.34. The number of H-pyrrole nitrogens is 1. The summed E-state index contributed by atoms with van der Waals surface area (Å²) in [6, 6.07) is 0. The molecule has 0 bridgehead atoms. The first-order valence-electron chi connectivity index (χ1n) is 5.80. The van der Waals surface area contributed by atoms with Crippen molar-refractivity contribution in [3.63, 3.8) is 0 Å². The van der Waals surface area contributed by atoms with E-state index in [1.165, 1.54) is 5.69 Å². The van der Waals surface area contributed by atoms with E-state index in [0.29, 0.717) is 6.42 Å². The number of carbonyl (C=O) groups is 1. The van der Waals surface area contributed by atoms with E-state index >= 15 is 0 Å². The summed E-state index contributed by atoms with van der Waals surface area (Å²) >= 11 is 0. The molecule has 0 aromatic carbocycles. The normalized spacial score (nSPS) is 10.4. The Morgan fingerprint density at radius 3 is 2.69 bits per heavy atom. The molecule has 0 fully saturated rings. The Kier molecular flexibility index (Phi) is 5.02. The van der Waals surface area contributed by atoms with Crippen LogP contribution in [-0.2, 0) is 11.2 Å². The summed E-state index contributed by atoms with van der Waals surface area (Å²) in [5.74, 6) is 1.19. The topological polar surface area (TPSA) is 49.0 Å². The Morgan fingerprint density at radius 1 is 1.38 bits per heavy atom. The van der Waals surface area contributed by atoms with Crippen molar-refractivity contribution < 1.29 is 4.79 Å². The Hall–Kier alpha value is -1.32. The molecule has 0 atom stereocenters. The number of carbonyl (C=O) groups excluding carboxylic acids is 1. The lowest BCUT2D eigenvalue weighted by Gasteiger charge is -2.09. The number of aromatic amines is 1. The smallest absolute Gasteiger partial charge is 0.222 e. The zero-order chi connectivity index (χ0) is 12.0. The summed E-state index contributed by atoms with van der Waals surface area (Å²) in [6.45, 7) is 1.96. The summed E-state index contributed by atoms with van der Waals surface area (Å²) in [4.78, 5) is 20.3. The van der Waals surface area contributed by atoms with Crippen LogP contribution in [0.5, 0.6) is 0 Å². The third kappa shape index (κ3) is 4.47. The number of aryl methyl sites for hydroxylation is 2. The highest BCUT2D eigenvalue weighted by atomic mass is 16.2. The first-order valence-corrected chi connectivity index (χ1v) is 5.80. The zero-order valence-electron chi connectivity index (χ0n) is 10.4. The van der Waals surface area contributed by atoms with Crippen LogP contribution >= 0.6 is 0 Å². The molecule has 1 heterocycles. The highest BCUT2D eigenvalue weighted by Gasteiger charge is 2.03. The van der Waals surface area contributed by atoms with Gasteiger partial charge in [0.2, 0.25) is 5.91 Å². The molecule has 4 nitrogen and oxygen atoms in total. The number of aromatic nitrogens is 2. The van der Waals surface area contributed by atoms with Crippen LogP contribution in [0, 0.1) is 6.92 Å². The van der Waals surface area contributed by atoms with Gasteiger partial charge in [-0.1, -0.05) is 6.42 Å². The largest absolute Gasteiger partial charge is 0.349 e. The fourth-order valence-corrected chi connectivity index (χ4v) is 1.59. The van der Waals surface area contributed by atoms with Crippen LogP contribution in [-0.4, -0.2) is 34.9 Å². The van der Waals surface area contributed by atoms with Gasteiger partial charge in [0.25, 0.3) is 0 Å². The number of rotatable bonds is 6. The van der Waals surface area contributed by atoms with Gasteiger partial charge in [-0.3, -0.25) is 4.79 Å². The highest BCUT2D eigenvalue weighted by molar-refractivity contribution is 5.75. The summed E-state index contributed by atoms with van der Waals surface area (Å²) in [5, 5.41) is 0. The minimum atomic E-state index is 0.220. The molecule has 16 heavy (non-hydrogen) atoms. The van der Waals surface area contributed by atoms with Crippen LogP contribution in [0.2, 0.25) is 0 Å².